The van der Waals surface area contributed by atoms with Crippen molar-refractivity contribution < 1.29 is 13.2 Å². The van der Waals surface area contributed by atoms with Crippen LogP contribution in [0.15, 0.2) is 47.4 Å². The Kier molecular flexibility index (Phi) is 5.22. The Morgan fingerprint density at radius 2 is 1.89 bits per heavy atom. The molecule has 0 aliphatic carbocycles. The van der Waals surface area contributed by atoms with Crippen LogP contribution in [-0.2, 0) is 10.0 Å². The number of carbonyl (C=O) groups is 1. The number of carbonyl (C=O) groups excluding carboxylic acids is 1. The number of fused-ring (bicyclic) bond motifs is 1. The fourth-order valence-electron chi connectivity index (χ4n) is 2.81. The lowest BCUT2D eigenvalue weighted by Crippen LogP contribution is -2.30. The molecule has 1 aromatic heterocycles. The average Bonchev–Trinajstić information content (AvgIpc) is 2.95. The molecule has 0 saturated heterocycles. The van der Waals surface area contributed by atoms with E-state index in [4.69, 9.17) is 28.3 Å². The highest BCUT2D eigenvalue weighted by Gasteiger charge is 2.24. The zero-order chi connectivity index (χ0) is 19.9. The maximum atomic E-state index is 13.0. The largest absolute Gasteiger partial charge is 0.349 e. The summed E-state index contributed by atoms with van der Waals surface area (Å²) in [6.45, 7) is 1.79. The van der Waals surface area contributed by atoms with Crippen molar-refractivity contribution in [2.45, 2.75) is 17.9 Å². The number of sulfonamides is 1. The van der Waals surface area contributed by atoms with Gasteiger partial charge in [0, 0.05) is 23.0 Å². The molecule has 0 spiro atoms. The molecule has 0 radical (unpaired) electrons. The number of hydrogen-bond acceptors (Lipinski definition) is 3. The highest BCUT2D eigenvalue weighted by Crippen LogP contribution is 2.32. The summed E-state index contributed by atoms with van der Waals surface area (Å²) in [5.74, 6) is -0.333. The standard InChI is InChI=1S/C18H17Cl2N3O3S/c1-10(11-4-3-5-13(8-11)27(21,25)26)23(2)18(24)17-16(20)14-9-12(19)6-7-15(14)22-17/h3-10,22H,1-2H3,(H2,21,25,26). The van der Waals surface area contributed by atoms with Gasteiger partial charge >= 0.3 is 0 Å². The highest BCUT2D eigenvalue weighted by molar-refractivity contribution is 7.89. The van der Waals surface area contributed by atoms with Crippen molar-refractivity contribution >= 4 is 50.0 Å². The van der Waals surface area contributed by atoms with E-state index < -0.39 is 16.1 Å². The lowest BCUT2D eigenvalue weighted by Gasteiger charge is -2.25. The molecule has 3 N–H and O–H groups in total. The number of aromatic amines is 1. The zero-order valence-corrected chi connectivity index (χ0v) is 16.9. The van der Waals surface area contributed by atoms with Crippen molar-refractivity contribution in [1.82, 2.24) is 9.88 Å². The normalized spacial score (nSPS) is 12.9. The third kappa shape index (κ3) is 3.82. The molecule has 3 rings (SSSR count). The van der Waals surface area contributed by atoms with E-state index in [1.54, 1.807) is 44.3 Å². The first kappa shape index (κ1) is 19.7. The van der Waals surface area contributed by atoms with Crippen molar-refractivity contribution in [3.63, 3.8) is 0 Å². The van der Waals surface area contributed by atoms with Gasteiger partial charge < -0.3 is 9.88 Å². The topological polar surface area (TPSA) is 96.3 Å². The summed E-state index contributed by atoms with van der Waals surface area (Å²) in [7, 11) is -2.21. The van der Waals surface area contributed by atoms with Gasteiger partial charge in [-0.1, -0.05) is 35.3 Å². The highest BCUT2D eigenvalue weighted by atomic mass is 35.5. The Balaban J connectivity index is 1.95. The number of rotatable bonds is 4. The van der Waals surface area contributed by atoms with Crippen molar-refractivity contribution in [1.29, 1.82) is 0 Å². The molecular formula is C18H17Cl2N3O3S. The van der Waals surface area contributed by atoms with E-state index >= 15 is 0 Å². The summed E-state index contributed by atoms with van der Waals surface area (Å²) >= 11 is 12.4. The van der Waals surface area contributed by atoms with Crippen LogP contribution < -0.4 is 5.14 Å². The van der Waals surface area contributed by atoms with Crippen LogP contribution in [0.25, 0.3) is 10.9 Å². The summed E-state index contributed by atoms with van der Waals surface area (Å²) in [6.07, 6.45) is 0. The number of aromatic nitrogens is 1. The summed E-state index contributed by atoms with van der Waals surface area (Å²) < 4.78 is 23.1. The fraction of sp³-hybridized carbons (Fsp3) is 0.167. The molecular weight excluding hydrogens is 409 g/mol. The number of primary sulfonamides is 1. The molecule has 2 aromatic carbocycles. The molecule has 0 aliphatic rings. The van der Waals surface area contributed by atoms with E-state index in [1.165, 1.54) is 17.0 Å². The van der Waals surface area contributed by atoms with E-state index in [0.717, 1.165) is 0 Å². The molecule has 27 heavy (non-hydrogen) atoms. The number of hydrogen-bond donors (Lipinski definition) is 2. The van der Waals surface area contributed by atoms with Crippen molar-refractivity contribution in [2.24, 2.45) is 5.14 Å². The summed E-state index contributed by atoms with van der Waals surface area (Å²) in [5.41, 5.74) is 1.57. The Morgan fingerprint density at radius 3 is 2.56 bits per heavy atom. The third-order valence-electron chi connectivity index (χ3n) is 4.48. The molecule has 9 heteroatoms. The summed E-state index contributed by atoms with van der Waals surface area (Å²) in [5, 5.41) is 6.65. The fourth-order valence-corrected chi connectivity index (χ4v) is 3.83. The quantitative estimate of drug-likeness (QED) is 0.661. The predicted octanol–water partition coefficient (Wildman–Crippen LogP) is 3.96. The second kappa shape index (κ2) is 7.16. The van der Waals surface area contributed by atoms with Gasteiger partial charge in [0.1, 0.15) is 5.69 Å². The number of amides is 1. The van der Waals surface area contributed by atoms with Crippen LogP contribution in [0.5, 0.6) is 0 Å². The van der Waals surface area contributed by atoms with Gasteiger partial charge in [0.15, 0.2) is 0 Å². The number of halogens is 2. The minimum Gasteiger partial charge on any atom is -0.349 e. The molecule has 1 heterocycles. The molecule has 142 valence electrons. The molecule has 1 atom stereocenters. The van der Waals surface area contributed by atoms with Gasteiger partial charge in [-0.05, 0) is 42.8 Å². The van der Waals surface area contributed by atoms with Gasteiger partial charge in [0.2, 0.25) is 10.0 Å². The summed E-state index contributed by atoms with van der Waals surface area (Å²) in [6, 6.07) is 10.9. The summed E-state index contributed by atoms with van der Waals surface area (Å²) in [4.78, 5) is 17.4. The van der Waals surface area contributed by atoms with Gasteiger partial charge in [0.25, 0.3) is 5.91 Å². The molecule has 0 aliphatic heterocycles. The van der Waals surface area contributed by atoms with Crippen molar-refractivity contribution in [3.8, 4) is 0 Å². The predicted molar refractivity (Wildman–Crippen MR) is 107 cm³/mol. The molecule has 1 unspecified atom stereocenters. The maximum absolute atomic E-state index is 13.0. The van der Waals surface area contributed by atoms with Gasteiger partial charge in [0.05, 0.1) is 16.0 Å². The van der Waals surface area contributed by atoms with Crippen LogP contribution in [0.1, 0.15) is 29.0 Å². The lowest BCUT2D eigenvalue weighted by atomic mass is 10.1. The van der Waals surface area contributed by atoms with E-state index in [2.05, 4.69) is 4.98 Å². The first-order valence-corrected chi connectivity index (χ1v) is 10.3. The molecule has 0 fully saturated rings. The van der Waals surface area contributed by atoms with Crippen molar-refractivity contribution in [2.75, 3.05) is 7.05 Å². The minimum atomic E-state index is -3.83. The molecule has 6 nitrogen and oxygen atoms in total. The Bertz CT molecular complexity index is 1140. The SMILES string of the molecule is CC(c1cccc(S(N)(=O)=O)c1)N(C)C(=O)c1[nH]c2ccc(Cl)cc2c1Cl. The van der Waals surface area contributed by atoms with Crippen LogP contribution in [0.2, 0.25) is 10.0 Å². The van der Waals surface area contributed by atoms with E-state index in [0.29, 0.717) is 21.5 Å². The van der Waals surface area contributed by atoms with Gasteiger partial charge in [-0.2, -0.15) is 0 Å². The van der Waals surface area contributed by atoms with Gasteiger partial charge in [-0.25, -0.2) is 13.6 Å². The minimum absolute atomic E-state index is 0.00835. The lowest BCUT2D eigenvalue weighted by molar-refractivity contribution is 0.0737. The van der Waals surface area contributed by atoms with E-state index in [1.807, 2.05) is 0 Å². The first-order chi connectivity index (χ1) is 12.6. The van der Waals surface area contributed by atoms with Crippen LogP contribution in [0.3, 0.4) is 0 Å². The number of H-pyrrole nitrogens is 1. The van der Waals surface area contributed by atoms with Gasteiger partial charge in [-0.3, -0.25) is 4.79 Å². The zero-order valence-electron chi connectivity index (χ0n) is 14.5. The smallest absolute Gasteiger partial charge is 0.272 e. The van der Waals surface area contributed by atoms with E-state index in [-0.39, 0.29) is 21.5 Å². The first-order valence-electron chi connectivity index (χ1n) is 7.96. The number of nitrogens with one attached hydrogen (secondary N) is 1. The van der Waals surface area contributed by atoms with Crippen molar-refractivity contribution in [3.05, 3.63) is 63.8 Å². The van der Waals surface area contributed by atoms with Crippen LogP contribution in [-0.4, -0.2) is 31.3 Å². The Hall–Kier alpha value is -2.06. The second-order valence-electron chi connectivity index (χ2n) is 6.21. The molecule has 0 bridgehead atoms. The maximum Gasteiger partial charge on any atom is 0.272 e. The number of benzene rings is 2. The second-order valence-corrected chi connectivity index (χ2v) is 8.59. The molecule has 0 saturated carbocycles. The van der Waals surface area contributed by atoms with Crippen LogP contribution in [0.4, 0.5) is 0 Å². The Morgan fingerprint density at radius 1 is 1.19 bits per heavy atom. The Labute approximate surface area is 166 Å². The average molecular weight is 426 g/mol. The van der Waals surface area contributed by atoms with E-state index in [9.17, 15) is 13.2 Å². The third-order valence-corrected chi connectivity index (χ3v) is 6.02. The van der Waals surface area contributed by atoms with Crippen LogP contribution >= 0.6 is 23.2 Å². The monoisotopic (exact) mass is 425 g/mol. The molecule has 3 aromatic rings. The molecule has 1 amide bonds. The van der Waals surface area contributed by atoms with Crippen LogP contribution in [0, 0.1) is 0 Å². The number of nitrogens with two attached hydrogens (primary N) is 1. The number of nitrogens with zero attached hydrogens (tertiary/aromatic N) is 1. The van der Waals surface area contributed by atoms with Gasteiger partial charge in [-0.15, -0.1) is 0 Å².